The van der Waals surface area contributed by atoms with E-state index in [2.05, 4.69) is 54.6 Å². The molecule has 2 aromatic rings. The number of benzene rings is 1. The van der Waals surface area contributed by atoms with Crippen LogP contribution in [0.1, 0.15) is 69.0 Å². The molecule has 0 bridgehead atoms. The summed E-state index contributed by atoms with van der Waals surface area (Å²) in [7, 11) is 19.5. The van der Waals surface area contributed by atoms with Crippen molar-refractivity contribution in [3.05, 3.63) is 66.0 Å². The molecule has 2 aliphatic rings. The van der Waals surface area contributed by atoms with Gasteiger partial charge in [0.25, 0.3) is 0 Å². The van der Waals surface area contributed by atoms with Gasteiger partial charge in [-0.25, -0.2) is 19.2 Å². The zero-order valence-electron chi connectivity index (χ0n) is 35.7. The molecule has 0 spiro atoms. The molecular formula is C40H64N10O8. The molecule has 0 radical (unpaired) electrons. The highest BCUT2D eigenvalue weighted by Crippen LogP contribution is 2.15. The van der Waals surface area contributed by atoms with Gasteiger partial charge in [0.2, 0.25) is 0 Å². The minimum absolute atomic E-state index is 0.876. The topological polar surface area (TPSA) is 228 Å². The van der Waals surface area contributed by atoms with Crippen molar-refractivity contribution in [1.82, 2.24) is 25.0 Å². The summed E-state index contributed by atoms with van der Waals surface area (Å²) in [6, 6.07) is 14.1. The van der Waals surface area contributed by atoms with Crippen LogP contribution in [0, 0.1) is 0 Å². The van der Waals surface area contributed by atoms with E-state index in [0.29, 0.717) is 0 Å². The Morgan fingerprint density at radius 3 is 1.34 bits per heavy atom. The lowest BCUT2D eigenvalue weighted by atomic mass is 9.99. The van der Waals surface area contributed by atoms with Gasteiger partial charge in [-0.1, -0.05) is 30.7 Å². The van der Waals surface area contributed by atoms with Crippen LogP contribution in [-0.4, -0.2) is 164 Å². The predicted octanol–water partition coefficient (Wildman–Crippen LogP) is 4.95. The van der Waals surface area contributed by atoms with E-state index in [-0.39, 0.29) is 0 Å². The van der Waals surface area contributed by atoms with Crippen LogP contribution < -0.4 is 4.90 Å². The molecule has 0 unspecified atom stereocenters. The average molecular weight is 813 g/mol. The maximum Gasteiger partial charge on any atom is 0.414 e. The van der Waals surface area contributed by atoms with Crippen LogP contribution in [-0.2, 0) is 19.2 Å². The normalized spacial score (nSPS) is 12.7. The number of aliphatic carboxylic acids is 4. The molecular weight excluding hydrogens is 749 g/mol. The number of hydrogen-bond donors (Lipinski definition) is 4. The van der Waals surface area contributed by atoms with E-state index in [4.69, 9.17) is 39.6 Å². The molecule has 0 atom stereocenters. The lowest BCUT2D eigenvalue weighted by Gasteiger charge is -2.14. The quantitative estimate of drug-likeness (QED) is 0.157. The van der Waals surface area contributed by atoms with Gasteiger partial charge in [-0.3, -0.25) is 4.98 Å². The van der Waals surface area contributed by atoms with Crippen molar-refractivity contribution in [3.8, 4) is 0 Å². The van der Waals surface area contributed by atoms with E-state index in [0.717, 1.165) is 5.69 Å². The lowest BCUT2D eigenvalue weighted by Crippen LogP contribution is -2.11. The van der Waals surface area contributed by atoms with Gasteiger partial charge in [-0.05, 0) is 87.3 Å². The molecule has 18 heteroatoms. The average Bonchev–Trinajstić information content (AvgIpc) is 3.67. The summed E-state index contributed by atoms with van der Waals surface area (Å²) in [5, 5.41) is 53.7. The summed E-state index contributed by atoms with van der Waals surface area (Å²) >= 11 is 0. The predicted molar refractivity (Wildman–Crippen MR) is 232 cm³/mol. The fraction of sp³-hybridized carbons (Fsp3) is 0.475. The minimum Gasteiger partial charge on any atom is -0.473 e. The Balaban J connectivity index is 0. The van der Waals surface area contributed by atoms with Crippen LogP contribution in [0.2, 0.25) is 0 Å². The summed E-state index contributed by atoms with van der Waals surface area (Å²) in [5.41, 5.74) is 6.02. The van der Waals surface area contributed by atoms with Gasteiger partial charge in [-0.15, -0.1) is 0 Å². The third kappa shape index (κ3) is 34.2. The van der Waals surface area contributed by atoms with Crippen LogP contribution in [0.15, 0.2) is 75.1 Å². The van der Waals surface area contributed by atoms with Crippen molar-refractivity contribution >= 4 is 59.5 Å². The number of pyridine rings is 1. The first-order valence-electron chi connectivity index (χ1n) is 18.4. The van der Waals surface area contributed by atoms with Gasteiger partial charge in [0.15, 0.2) is 0 Å². The minimum atomic E-state index is -1.82. The Bertz CT molecular complexity index is 1540. The smallest absolute Gasteiger partial charge is 0.414 e. The lowest BCUT2D eigenvalue weighted by molar-refractivity contribution is -0.159. The maximum absolute atomic E-state index is 9.10. The second kappa shape index (κ2) is 32.9. The second-order valence-electron chi connectivity index (χ2n) is 13.3. The molecule has 1 aromatic carbocycles. The number of rotatable bonds is 8. The highest BCUT2D eigenvalue weighted by molar-refractivity contribution is 6.27. The van der Waals surface area contributed by atoms with Crippen LogP contribution >= 0.6 is 0 Å². The highest BCUT2D eigenvalue weighted by Gasteiger charge is 2.08. The van der Waals surface area contributed by atoms with Crippen molar-refractivity contribution in [2.45, 2.75) is 57.8 Å². The van der Waals surface area contributed by atoms with E-state index < -0.39 is 23.9 Å². The number of nitrogens with zero attached hydrogens (tertiary/aromatic N) is 10. The fourth-order valence-electron chi connectivity index (χ4n) is 4.35. The molecule has 322 valence electrons. The third-order valence-corrected chi connectivity index (χ3v) is 6.85. The SMILES string of the molecule is CN(C)N=C1CCCC1.CN(C)N=C1CCCCC1.CN(C)N=CC=Cc1ccc(N(C)C)cc1.CN(C)N=Cc1ccccn1.O=C(O)C(=O)O.O=C(O)C(=O)O. The molecule has 1 heterocycles. The molecule has 1 aromatic heterocycles. The first-order valence-corrected chi connectivity index (χ1v) is 18.4. The molecule has 2 fully saturated rings. The monoisotopic (exact) mass is 812 g/mol. The first kappa shape index (κ1) is 53.8. The van der Waals surface area contributed by atoms with Crippen molar-refractivity contribution in [2.24, 2.45) is 20.4 Å². The molecule has 0 amide bonds. The van der Waals surface area contributed by atoms with E-state index >= 15 is 0 Å². The van der Waals surface area contributed by atoms with Gasteiger partial charge < -0.3 is 45.4 Å². The number of carbonyl (C=O) groups is 4. The standard InChI is InChI=1S/C13H19N3.C8H11N3.C8H16N2.C7H14N2.2C2H2O4/c1-15(2)13-9-7-12(8-10-13)6-5-11-14-16(3)4;1-11(2)10-7-8-5-3-4-6-9-8;1-10(2)9-8-6-4-3-5-7-8;1-9(2)8-7-5-3-4-6-7;2*3-1(4)2(5)6/h5-11H,1-4H3;3-7H,1-2H3;3-7H2,1-2H3;3-6H2,1-2H3;2*(H,3,4)(H,5,6). The third-order valence-electron chi connectivity index (χ3n) is 6.85. The maximum atomic E-state index is 9.10. The number of allylic oxidation sites excluding steroid dienone is 1. The number of carboxylic acids is 4. The van der Waals surface area contributed by atoms with Crippen molar-refractivity contribution in [1.29, 1.82) is 0 Å². The van der Waals surface area contributed by atoms with Crippen molar-refractivity contribution in [3.63, 3.8) is 0 Å². The van der Waals surface area contributed by atoms with Gasteiger partial charge in [0, 0.05) is 100.0 Å². The number of aromatic nitrogens is 1. The van der Waals surface area contributed by atoms with Gasteiger partial charge in [0.1, 0.15) is 0 Å². The number of hydrazone groups is 4. The van der Waals surface area contributed by atoms with Gasteiger partial charge in [0.05, 0.1) is 11.9 Å². The van der Waals surface area contributed by atoms with E-state index in [9.17, 15) is 0 Å². The fourth-order valence-corrected chi connectivity index (χ4v) is 4.35. The number of hydrogen-bond acceptors (Lipinski definition) is 14. The summed E-state index contributed by atoms with van der Waals surface area (Å²) in [5.74, 6) is -7.30. The number of carboxylic acid groups (broad SMARTS) is 4. The molecule has 2 aliphatic carbocycles. The largest absolute Gasteiger partial charge is 0.473 e. The van der Waals surface area contributed by atoms with E-state index in [1.165, 1.54) is 80.5 Å². The second-order valence-corrected chi connectivity index (χ2v) is 13.3. The Morgan fingerprint density at radius 1 is 0.569 bits per heavy atom. The zero-order valence-corrected chi connectivity index (χ0v) is 35.7. The summed E-state index contributed by atoms with van der Waals surface area (Å²) in [6.07, 6.45) is 20.9. The molecule has 4 N–H and O–H groups in total. The molecule has 0 aliphatic heterocycles. The Hall–Kier alpha value is -6.33. The van der Waals surface area contributed by atoms with E-state index in [1.807, 2.05) is 111 Å². The highest BCUT2D eigenvalue weighted by atomic mass is 16.4. The summed E-state index contributed by atoms with van der Waals surface area (Å²) < 4.78 is 0. The molecule has 18 nitrogen and oxygen atoms in total. The first-order chi connectivity index (χ1) is 27.2. The van der Waals surface area contributed by atoms with Crippen LogP contribution in [0.25, 0.3) is 6.08 Å². The molecule has 2 saturated carbocycles. The van der Waals surface area contributed by atoms with Crippen molar-refractivity contribution in [2.75, 3.05) is 75.4 Å². The van der Waals surface area contributed by atoms with Crippen LogP contribution in [0.4, 0.5) is 5.69 Å². The van der Waals surface area contributed by atoms with E-state index in [1.54, 1.807) is 28.6 Å². The molecule has 0 saturated heterocycles. The molecule has 4 rings (SSSR count). The Kier molecular flexibility index (Phi) is 30.5. The summed E-state index contributed by atoms with van der Waals surface area (Å²) in [6.45, 7) is 0. The van der Waals surface area contributed by atoms with Crippen molar-refractivity contribution < 1.29 is 39.6 Å². The van der Waals surface area contributed by atoms with Crippen LogP contribution in [0.3, 0.4) is 0 Å². The zero-order chi connectivity index (χ0) is 44.5. The van der Waals surface area contributed by atoms with Gasteiger partial charge in [-0.2, -0.15) is 20.4 Å². The Morgan fingerprint density at radius 2 is 1.00 bits per heavy atom. The van der Waals surface area contributed by atoms with Gasteiger partial charge >= 0.3 is 23.9 Å². The Labute approximate surface area is 343 Å². The number of anilines is 1. The molecule has 58 heavy (non-hydrogen) atoms. The summed E-state index contributed by atoms with van der Waals surface area (Å²) in [4.78, 5) is 42.6. The van der Waals surface area contributed by atoms with Crippen LogP contribution in [0.5, 0.6) is 0 Å².